The van der Waals surface area contributed by atoms with E-state index in [2.05, 4.69) is 39.1 Å². The summed E-state index contributed by atoms with van der Waals surface area (Å²) in [6, 6.07) is 0.266. The van der Waals surface area contributed by atoms with Crippen molar-refractivity contribution < 1.29 is 4.39 Å². The van der Waals surface area contributed by atoms with Gasteiger partial charge in [-0.15, -0.1) is 0 Å². The number of nitrogens with zero attached hydrogens (tertiary/aromatic N) is 1. The minimum atomic E-state index is -0.784. The Morgan fingerprint density at radius 2 is 2.40 bits per heavy atom. The highest BCUT2D eigenvalue weighted by atomic mass is 79.9. The predicted octanol–water partition coefficient (Wildman–Crippen LogP) is 2.18. The second-order valence-corrected chi connectivity index (χ2v) is 4.91. The van der Waals surface area contributed by atoms with Crippen molar-refractivity contribution >= 4 is 15.9 Å². The minimum absolute atomic E-state index is 0.00294. The lowest BCUT2D eigenvalue weighted by atomic mass is 10.0. The molecule has 4 heteroatoms. The number of alkyl halides is 1. The molecule has 0 aromatic rings. The number of halogens is 2. The van der Waals surface area contributed by atoms with E-state index < -0.39 is 6.17 Å². The van der Waals surface area contributed by atoms with Gasteiger partial charge in [-0.05, 0) is 41.9 Å². The van der Waals surface area contributed by atoms with Crippen LogP contribution in [0, 0.1) is 0 Å². The molecular formula is C11H16BrFN2. The molecule has 2 heterocycles. The summed E-state index contributed by atoms with van der Waals surface area (Å²) in [7, 11) is 0. The summed E-state index contributed by atoms with van der Waals surface area (Å²) in [6.45, 7) is 3.47. The molecule has 0 bridgehead atoms. The van der Waals surface area contributed by atoms with E-state index in [1.54, 1.807) is 0 Å². The molecule has 2 aliphatic rings. The van der Waals surface area contributed by atoms with E-state index >= 15 is 0 Å². The van der Waals surface area contributed by atoms with E-state index in [-0.39, 0.29) is 12.1 Å². The highest BCUT2D eigenvalue weighted by molar-refractivity contribution is 9.11. The number of nitrogens with one attached hydrogen (secondary N) is 1. The molecule has 84 valence electrons. The van der Waals surface area contributed by atoms with E-state index in [9.17, 15) is 4.39 Å². The third kappa shape index (κ3) is 2.26. The van der Waals surface area contributed by atoms with Crippen LogP contribution in [0.5, 0.6) is 0 Å². The molecule has 0 spiro atoms. The SMILES string of the molecule is CC1C=CC=C(Br)N1C1CCNCC1F. The summed E-state index contributed by atoms with van der Waals surface area (Å²) >= 11 is 3.51. The average molecular weight is 275 g/mol. The Bertz CT molecular complexity index is 290. The molecule has 0 amide bonds. The van der Waals surface area contributed by atoms with Crippen LogP contribution in [-0.4, -0.2) is 36.2 Å². The summed E-state index contributed by atoms with van der Waals surface area (Å²) in [5, 5.41) is 3.08. The Balaban J connectivity index is 2.14. The fraction of sp³-hybridized carbons (Fsp3) is 0.636. The van der Waals surface area contributed by atoms with E-state index in [1.165, 1.54) is 0 Å². The Hall–Kier alpha value is -0.350. The molecular weight excluding hydrogens is 259 g/mol. The standard InChI is InChI=1S/C11H16BrFN2/c1-8-3-2-4-11(12)15(8)10-5-6-14-7-9(10)13/h2-4,8-10,14H,5-7H2,1H3. The van der Waals surface area contributed by atoms with Gasteiger partial charge in [-0.1, -0.05) is 12.2 Å². The van der Waals surface area contributed by atoms with Crippen molar-refractivity contribution in [2.75, 3.05) is 13.1 Å². The summed E-state index contributed by atoms with van der Waals surface area (Å²) in [5.74, 6) is 0. The Morgan fingerprint density at radius 1 is 1.60 bits per heavy atom. The van der Waals surface area contributed by atoms with Crippen molar-refractivity contribution in [3.63, 3.8) is 0 Å². The van der Waals surface area contributed by atoms with Crippen LogP contribution < -0.4 is 5.32 Å². The fourth-order valence-electron chi connectivity index (χ4n) is 2.25. The van der Waals surface area contributed by atoms with Crippen LogP contribution in [0.1, 0.15) is 13.3 Å². The molecule has 1 N–H and O–H groups in total. The van der Waals surface area contributed by atoms with Crippen molar-refractivity contribution in [3.05, 3.63) is 22.8 Å². The van der Waals surface area contributed by atoms with Gasteiger partial charge < -0.3 is 10.2 Å². The first kappa shape index (κ1) is 11.1. The normalized spacial score (nSPS) is 36.6. The number of piperidine rings is 1. The van der Waals surface area contributed by atoms with Crippen molar-refractivity contribution in [1.29, 1.82) is 0 Å². The minimum Gasteiger partial charge on any atom is -0.354 e. The third-order valence-corrected chi connectivity index (χ3v) is 3.71. The monoisotopic (exact) mass is 274 g/mol. The lowest BCUT2D eigenvalue weighted by molar-refractivity contribution is 0.104. The molecule has 0 aromatic carbocycles. The first-order valence-electron chi connectivity index (χ1n) is 5.37. The maximum absolute atomic E-state index is 13.8. The van der Waals surface area contributed by atoms with Crippen LogP contribution in [0.3, 0.4) is 0 Å². The van der Waals surface area contributed by atoms with Gasteiger partial charge in [-0.3, -0.25) is 0 Å². The summed E-state index contributed by atoms with van der Waals surface area (Å²) in [4.78, 5) is 2.13. The number of allylic oxidation sites excluding steroid dienone is 2. The van der Waals surface area contributed by atoms with Crippen LogP contribution in [-0.2, 0) is 0 Å². The van der Waals surface area contributed by atoms with E-state index in [0.29, 0.717) is 6.54 Å². The Labute approximate surface area is 98.3 Å². The molecule has 2 rings (SSSR count). The van der Waals surface area contributed by atoms with Crippen LogP contribution in [0.15, 0.2) is 22.8 Å². The van der Waals surface area contributed by atoms with Gasteiger partial charge in [0.15, 0.2) is 0 Å². The highest BCUT2D eigenvalue weighted by Crippen LogP contribution is 2.28. The second kappa shape index (κ2) is 4.66. The van der Waals surface area contributed by atoms with Crippen LogP contribution >= 0.6 is 15.9 Å². The summed E-state index contributed by atoms with van der Waals surface area (Å²) < 4.78 is 14.8. The quantitative estimate of drug-likeness (QED) is 0.738. The smallest absolute Gasteiger partial charge is 0.133 e. The first-order valence-corrected chi connectivity index (χ1v) is 6.16. The van der Waals surface area contributed by atoms with E-state index in [0.717, 1.165) is 17.6 Å². The van der Waals surface area contributed by atoms with Crippen LogP contribution in [0.25, 0.3) is 0 Å². The number of hydrogen-bond donors (Lipinski definition) is 1. The van der Waals surface area contributed by atoms with Crippen LogP contribution in [0.4, 0.5) is 4.39 Å². The second-order valence-electron chi connectivity index (χ2n) is 4.10. The van der Waals surface area contributed by atoms with Gasteiger partial charge in [0.05, 0.1) is 10.6 Å². The third-order valence-electron chi connectivity index (χ3n) is 3.04. The van der Waals surface area contributed by atoms with Crippen LogP contribution in [0.2, 0.25) is 0 Å². The van der Waals surface area contributed by atoms with Crippen molar-refractivity contribution in [1.82, 2.24) is 10.2 Å². The number of rotatable bonds is 1. The van der Waals surface area contributed by atoms with Gasteiger partial charge in [0.25, 0.3) is 0 Å². The number of hydrogen-bond acceptors (Lipinski definition) is 2. The maximum Gasteiger partial charge on any atom is 0.133 e. The molecule has 3 unspecified atom stereocenters. The molecule has 0 radical (unpaired) electrons. The molecule has 15 heavy (non-hydrogen) atoms. The van der Waals surface area contributed by atoms with Gasteiger partial charge in [0.1, 0.15) is 6.17 Å². The molecule has 0 saturated carbocycles. The van der Waals surface area contributed by atoms with E-state index in [4.69, 9.17) is 0 Å². The molecule has 1 saturated heterocycles. The zero-order valence-electron chi connectivity index (χ0n) is 8.79. The summed E-state index contributed by atoms with van der Waals surface area (Å²) in [6.07, 6.45) is 6.17. The zero-order valence-corrected chi connectivity index (χ0v) is 10.4. The molecule has 0 aliphatic carbocycles. The van der Waals surface area contributed by atoms with Crippen molar-refractivity contribution in [3.8, 4) is 0 Å². The molecule has 0 aromatic heterocycles. The molecule has 2 aliphatic heterocycles. The molecule has 2 nitrogen and oxygen atoms in total. The predicted molar refractivity (Wildman–Crippen MR) is 63.6 cm³/mol. The fourth-order valence-corrected chi connectivity index (χ4v) is 2.99. The Kier molecular flexibility index (Phi) is 3.46. The summed E-state index contributed by atoms with van der Waals surface area (Å²) in [5.41, 5.74) is 0. The highest BCUT2D eigenvalue weighted by Gasteiger charge is 2.33. The van der Waals surface area contributed by atoms with Gasteiger partial charge in [-0.2, -0.15) is 0 Å². The largest absolute Gasteiger partial charge is 0.354 e. The maximum atomic E-state index is 13.8. The van der Waals surface area contributed by atoms with Crippen molar-refractivity contribution in [2.45, 2.75) is 31.6 Å². The van der Waals surface area contributed by atoms with Gasteiger partial charge >= 0.3 is 0 Å². The van der Waals surface area contributed by atoms with Crippen molar-refractivity contribution in [2.24, 2.45) is 0 Å². The molecule has 3 atom stereocenters. The topological polar surface area (TPSA) is 15.3 Å². The lowest BCUT2D eigenvalue weighted by Gasteiger charge is -2.42. The first-order chi connectivity index (χ1) is 7.20. The van der Waals surface area contributed by atoms with Gasteiger partial charge in [-0.25, -0.2) is 4.39 Å². The molecule has 1 fully saturated rings. The Morgan fingerprint density at radius 3 is 3.07 bits per heavy atom. The average Bonchev–Trinajstić information content (AvgIpc) is 2.20. The lowest BCUT2D eigenvalue weighted by Crippen LogP contribution is -2.52. The van der Waals surface area contributed by atoms with Gasteiger partial charge in [0.2, 0.25) is 0 Å². The zero-order chi connectivity index (χ0) is 10.8. The van der Waals surface area contributed by atoms with E-state index in [1.807, 2.05) is 12.2 Å². The van der Waals surface area contributed by atoms with Gasteiger partial charge in [0, 0.05) is 12.6 Å².